The molecule has 0 N–H and O–H groups in total. The van der Waals surface area contributed by atoms with Crippen molar-refractivity contribution in [3.05, 3.63) is 16.5 Å². The van der Waals surface area contributed by atoms with Crippen LogP contribution < -0.4 is 0 Å². The third-order valence-electron chi connectivity index (χ3n) is 4.53. The summed E-state index contributed by atoms with van der Waals surface area (Å²) in [5, 5.41) is 0. The second-order valence-corrected chi connectivity index (χ2v) is 9.99. The van der Waals surface area contributed by atoms with Crippen LogP contribution in [0.4, 0.5) is 0 Å². The molecular weight excluding hydrogens is 370 g/mol. The minimum Gasteiger partial charge on any atom is -0.379 e. The largest absolute Gasteiger partial charge is 0.379 e. The van der Waals surface area contributed by atoms with Crippen molar-refractivity contribution in [3.8, 4) is 0 Å². The Kier molecular flexibility index (Phi) is 6.53. The average molecular weight is 394 g/mol. The second kappa shape index (κ2) is 8.44. The number of nitrogens with zero attached hydrogens (tertiary/aromatic N) is 3. The Labute approximate surface area is 153 Å². The van der Waals surface area contributed by atoms with Crippen molar-refractivity contribution in [2.24, 2.45) is 0 Å². The second-order valence-electron chi connectivity index (χ2n) is 6.11. The Morgan fingerprint density at radius 2 is 1.62 bits per heavy atom. The molecule has 0 bridgehead atoms. The van der Waals surface area contributed by atoms with Crippen molar-refractivity contribution in [1.29, 1.82) is 0 Å². The first kappa shape index (κ1) is 18.6. The molecule has 1 aromatic heterocycles. The summed E-state index contributed by atoms with van der Waals surface area (Å²) in [5.74, 6) is 0. The number of hydrogen-bond acceptors (Lipinski definition) is 6. The molecule has 24 heavy (non-hydrogen) atoms. The summed E-state index contributed by atoms with van der Waals surface area (Å²) in [6.07, 6.45) is 1.12. The molecule has 0 spiro atoms. The van der Waals surface area contributed by atoms with Crippen LogP contribution in [0.2, 0.25) is 4.34 Å². The van der Waals surface area contributed by atoms with Gasteiger partial charge in [-0.15, -0.1) is 11.3 Å². The highest BCUT2D eigenvalue weighted by Crippen LogP contribution is 2.28. The van der Waals surface area contributed by atoms with E-state index in [1.165, 1.54) is 0 Å². The molecule has 0 unspecified atom stereocenters. The van der Waals surface area contributed by atoms with E-state index >= 15 is 0 Å². The molecule has 3 heterocycles. The van der Waals surface area contributed by atoms with Crippen LogP contribution in [0, 0.1) is 0 Å². The van der Waals surface area contributed by atoms with E-state index in [0.717, 1.165) is 70.2 Å². The Bertz CT molecular complexity index is 624. The third-order valence-corrected chi connectivity index (χ3v) is 8.12. The van der Waals surface area contributed by atoms with Gasteiger partial charge in [-0.2, -0.15) is 4.31 Å². The number of sulfonamides is 1. The Morgan fingerprint density at radius 1 is 1.00 bits per heavy atom. The fourth-order valence-corrected chi connectivity index (χ4v) is 6.16. The van der Waals surface area contributed by atoms with Gasteiger partial charge in [-0.05, 0) is 31.6 Å². The van der Waals surface area contributed by atoms with Crippen molar-refractivity contribution >= 4 is 33.0 Å². The molecule has 0 atom stereocenters. The highest BCUT2D eigenvalue weighted by molar-refractivity contribution is 7.91. The van der Waals surface area contributed by atoms with Gasteiger partial charge in [0.25, 0.3) is 10.0 Å². The lowest BCUT2D eigenvalue weighted by atomic mass is 10.3. The van der Waals surface area contributed by atoms with Crippen LogP contribution in [0.3, 0.4) is 0 Å². The van der Waals surface area contributed by atoms with Gasteiger partial charge in [0.1, 0.15) is 4.21 Å². The average Bonchev–Trinajstić information content (AvgIpc) is 3.04. The van der Waals surface area contributed by atoms with Crippen LogP contribution >= 0.6 is 22.9 Å². The molecule has 2 fully saturated rings. The van der Waals surface area contributed by atoms with Crippen LogP contribution in [0.5, 0.6) is 0 Å². The zero-order chi connectivity index (χ0) is 17.0. The highest BCUT2D eigenvalue weighted by Gasteiger charge is 2.29. The third kappa shape index (κ3) is 4.69. The van der Waals surface area contributed by atoms with E-state index in [1.54, 1.807) is 16.4 Å². The van der Waals surface area contributed by atoms with Crippen LogP contribution in [-0.2, 0) is 14.8 Å². The summed E-state index contributed by atoms with van der Waals surface area (Å²) >= 11 is 6.99. The molecule has 0 amide bonds. The lowest BCUT2D eigenvalue weighted by molar-refractivity contribution is 0.0356. The lowest BCUT2D eigenvalue weighted by Crippen LogP contribution is -2.49. The van der Waals surface area contributed by atoms with Crippen molar-refractivity contribution < 1.29 is 13.2 Å². The minimum atomic E-state index is -3.38. The fraction of sp³-hybridized carbons (Fsp3) is 0.733. The number of piperazine rings is 1. The molecule has 9 heteroatoms. The van der Waals surface area contributed by atoms with Gasteiger partial charge in [0.15, 0.2) is 0 Å². The maximum Gasteiger partial charge on any atom is 0.252 e. The van der Waals surface area contributed by atoms with Crippen molar-refractivity contribution in [3.63, 3.8) is 0 Å². The summed E-state index contributed by atoms with van der Waals surface area (Å²) in [4.78, 5) is 4.79. The smallest absolute Gasteiger partial charge is 0.252 e. The molecule has 2 aliphatic heterocycles. The maximum absolute atomic E-state index is 12.6. The summed E-state index contributed by atoms with van der Waals surface area (Å²) in [5.41, 5.74) is 0. The Balaban J connectivity index is 1.42. The van der Waals surface area contributed by atoms with E-state index < -0.39 is 10.0 Å². The number of hydrogen-bond donors (Lipinski definition) is 0. The monoisotopic (exact) mass is 393 g/mol. The van der Waals surface area contributed by atoms with Crippen LogP contribution in [0.25, 0.3) is 0 Å². The van der Waals surface area contributed by atoms with Crippen LogP contribution in [-0.4, -0.2) is 88.1 Å². The summed E-state index contributed by atoms with van der Waals surface area (Å²) in [6, 6.07) is 3.23. The van der Waals surface area contributed by atoms with Gasteiger partial charge in [-0.1, -0.05) is 11.6 Å². The zero-order valence-corrected chi connectivity index (χ0v) is 16.1. The summed E-state index contributed by atoms with van der Waals surface area (Å²) in [6.45, 7) is 8.52. The molecule has 0 saturated carbocycles. The highest BCUT2D eigenvalue weighted by atomic mass is 35.5. The van der Waals surface area contributed by atoms with E-state index in [0.29, 0.717) is 21.6 Å². The van der Waals surface area contributed by atoms with E-state index in [4.69, 9.17) is 16.3 Å². The number of thiophene rings is 1. The Morgan fingerprint density at radius 3 is 2.21 bits per heavy atom. The molecule has 0 aromatic carbocycles. The van der Waals surface area contributed by atoms with Gasteiger partial charge >= 0.3 is 0 Å². The molecule has 2 aliphatic rings. The first-order valence-electron chi connectivity index (χ1n) is 8.34. The molecule has 2 saturated heterocycles. The van der Waals surface area contributed by atoms with Gasteiger partial charge in [0, 0.05) is 39.3 Å². The minimum absolute atomic E-state index is 0.341. The van der Waals surface area contributed by atoms with Gasteiger partial charge in [-0.3, -0.25) is 4.90 Å². The van der Waals surface area contributed by atoms with Gasteiger partial charge in [-0.25, -0.2) is 8.42 Å². The number of rotatable bonds is 6. The fourth-order valence-electron chi connectivity index (χ4n) is 3.10. The number of ether oxygens (including phenoxy) is 1. The van der Waals surface area contributed by atoms with E-state index in [1.807, 2.05) is 0 Å². The number of morpholine rings is 1. The molecule has 3 rings (SSSR count). The van der Waals surface area contributed by atoms with Crippen molar-refractivity contribution in [1.82, 2.24) is 14.1 Å². The molecule has 6 nitrogen and oxygen atoms in total. The van der Waals surface area contributed by atoms with Gasteiger partial charge < -0.3 is 9.64 Å². The van der Waals surface area contributed by atoms with Gasteiger partial charge in [0.05, 0.1) is 17.6 Å². The maximum atomic E-state index is 12.6. The summed E-state index contributed by atoms with van der Waals surface area (Å²) < 4.78 is 32.9. The summed E-state index contributed by atoms with van der Waals surface area (Å²) in [7, 11) is -3.38. The van der Waals surface area contributed by atoms with Crippen LogP contribution in [0.15, 0.2) is 16.3 Å². The van der Waals surface area contributed by atoms with Crippen molar-refractivity contribution in [2.45, 2.75) is 10.6 Å². The first-order chi connectivity index (χ1) is 11.6. The quantitative estimate of drug-likeness (QED) is 0.731. The standard InChI is InChI=1S/C15H24ClN3O3S2/c16-14-2-3-15(23-14)24(20,21)19-8-6-17(7-9-19)4-1-5-18-10-12-22-13-11-18/h2-3H,1,4-13H2. The number of halogens is 1. The van der Waals surface area contributed by atoms with E-state index in [2.05, 4.69) is 9.80 Å². The molecule has 0 radical (unpaired) electrons. The molecule has 1 aromatic rings. The Hall–Kier alpha value is -0.220. The zero-order valence-electron chi connectivity index (χ0n) is 13.7. The topological polar surface area (TPSA) is 53.1 Å². The molecule has 136 valence electrons. The molecular formula is C15H24ClN3O3S2. The van der Waals surface area contributed by atoms with E-state index in [-0.39, 0.29) is 0 Å². The predicted octanol–water partition coefficient (Wildman–Crippen LogP) is 1.43. The SMILES string of the molecule is O=S(=O)(c1ccc(Cl)s1)N1CCN(CCCN2CCOCC2)CC1. The normalized spacial score (nSPS) is 22.0. The van der Waals surface area contributed by atoms with Crippen molar-refractivity contribution in [2.75, 3.05) is 65.6 Å². The molecule has 0 aliphatic carbocycles. The van der Waals surface area contributed by atoms with Crippen LogP contribution in [0.1, 0.15) is 6.42 Å². The van der Waals surface area contributed by atoms with E-state index in [9.17, 15) is 8.42 Å². The first-order valence-corrected chi connectivity index (χ1v) is 11.0. The van der Waals surface area contributed by atoms with Gasteiger partial charge in [0.2, 0.25) is 0 Å². The predicted molar refractivity (Wildman–Crippen MR) is 96.4 cm³/mol. The lowest BCUT2D eigenvalue weighted by Gasteiger charge is -2.34.